The summed E-state index contributed by atoms with van der Waals surface area (Å²) >= 11 is 0. The van der Waals surface area contributed by atoms with Crippen LogP contribution in [-0.2, 0) is 0 Å². The van der Waals surface area contributed by atoms with E-state index in [0.717, 1.165) is 12.8 Å². The molecule has 112 valence electrons. The first kappa shape index (κ1) is 16.4. The third kappa shape index (κ3) is 5.17. The quantitative estimate of drug-likeness (QED) is 0.842. The van der Waals surface area contributed by atoms with Crippen molar-refractivity contribution in [2.75, 3.05) is 26.0 Å². The van der Waals surface area contributed by atoms with Crippen molar-refractivity contribution in [3.8, 4) is 0 Å². The molecule has 1 rings (SSSR count). The second-order valence-electron chi connectivity index (χ2n) is 5.16. The maximum absolute atomic E-state index is 13.1. The standard InChI is InChI=1S/C15H24FN3O/c1-5-13(19(3)4)8-9-17-15(20)18-12-6-7-14(16)11(2)10-12/h6-7,10,13H,5,8-9H2,1-4H3,(H2,17,18,20). The Labute approximate surface area is 120 Å². The minimum atomic E-state index is -0.271. The predicted molar refractivity (Wildman–Crippen MR) is 80.5 cm³/mol. The van der Waals surface area contributed by atoms with Crippen molar-refractivity contribution in [2.45, 2.75) is 32.7 Å². The van der Waals surface area contributed by atoms with Gasteiger partial charge in [0.15, 0.2) is 0 Å². The van der Waals surface area contributed by atoms with Crippen LogP contribution < -0.4 is 10.6 Å². The molecule has 2 amide bonds. The van der Waals surface area contributed by atoms with Crippen LogP contribution in [0.4, 0.5) is 14.9 Å². The number of halogens is 1. The zero-order valence-corrected chi connectivity index (χ0v) is 12.7. The van der Waals surface area contributed by atoms with E-state index in [0.29, 0.717) is 23.8 Å². The van der Waals surface area contributed by atoms with E-state index in [1.807, 2.05) is 14.1 Å². The van der Waals surface area contributed by atoms with Gasteiger partial charge in [0, 0.05) is 18.3 Å². The Hall–Kier alpha value is -1.62. The Kier molecular flexibility index (Phi) is 6.45. The Morgan fingerprint density at radius 1 is 1.40 bits per heavy atom. The molecule has 1 unspecified atom stereocenters. The summed E-state index contributed by atoms with van der Waals surface area (Å²) in [6.45, 7) is 4.41. The summed E-state index contributed by atoms with van der Waals surface area (Å²) in [5.74, 6) is -0.271. The van der Waals surface area contributed by atoms with E-state index >= 15 is 0 Å². The van der Waals surface area contributed by atoms with Crippen LogP contribution in [0.15, 0.2) is 18.2 Å². The molecule has 0 heterocycles. The lowest BCUT2D eigenvalue weighted by Crippen LogP contribution is -2.35. The van der Waals surface area contributed by atoms with Crippen LogP contribution in [0.2, 0.25) is 0 Å². The average molecular weight is 281 g/mol. The van der Waals surface area contributed by atoms with Gasteiger partial charge < -0.3 is 15.5 Å². The molecule has 0 spiro atoms. The predicted octanol–water partition coefficient (Wildman–Crippen LogP) is 2.99. The van der Waals surface area contributed by atoms with E-state index in [4.69, 9.17) is 0 Å². The zero-order valence-electron chi connectivity index (χ0n) is 12.7. The molecule has 0 fully saturated rings. The maximum atomic E-state index is 13.1. The van der Waals surface area contributed by atoms with Crippen molar-refractivity contribution in [1.82, 2.24) is 10.2 Å². The number of carbonyl (C=O) groups is 1. The third-order valence-corrected chi connectivity index (χ3v) is 3.38. The summed E-state index contributed by atoms with van der Waals surface area (Å²) in [5, 5.41) is 5.52. The van der Waals surface area contributed by atoms with Crippen LogP contribution in [0.1, 0.15) is 25.3 Å². The molecule has 5 heteroatoms. The molecule has 0 aliphatic carbocycles. The topological polar surface area (TPSA) is 44.4 Å². The minimum absolute atomic E-state index is 0.260. The Morgan fingerprint density at radius 3 is 2.65 bits per heavy atom. The highest BCUT2D eigenvalue weighted by molar-refractivity contribution is 5.89. The molecule has 0 bridgehead atoms. The number of hydrogen-bond donors (Lipinski definition) is 2. The van der Waals surface area contributed by atoms with Crippen LogP contribution in [0.25, 0.3) is 0 Å². The lowest BCUT2D eigenvalue weighted by Gasteiger charge is -2.22. The molecular formula is C15H24FN3O. The largest absolute Gasteiger partial charge is 0.338 e. The van der Waals surface area contributed by atoms with Crippen LogP contribution in [0.3, 0.4) is 0 Å². The minimum Gasteiger partial charge on any atom is -0.338 e. The molecule has 0 saturated carbocycles. The molecule has 0 radical (unpaired) electrons. The first-order valence-electron chi connectivity index (χ1n) is 6.91. The van der Waals surface area contributed by atoms with E-state index in [-0.39, 0.29) is 11.8 Å². The van der Waals surface area contributed by atoms with Crippen molar-refractivity contribution >= 4 is 11.7 Å². The number of hydrogen-bond acceptors (Lipinski definition) is 2. The lowest BCUT2D eigenvalue weighted by molar-refractivity contribution is 0.245. The van der Waals surface area contributed by atoms with Gasteiger partial charge >= 0.3 is 6.03 Å². The van der Waals surface area contributed by atoms with Crippen LogP contribution in [-0.4, -0.2) is 37.6 Å². The molecule has 0 aromatic heterocycles. The third-order valence-electron chi connectivity index (χ3n) is 3.38. The first-order chi connectivity index (χ1) is 9.43. The van der Waals surface area contributed by atoms with Gasteiger partial charge in [0.2, 0.25) is 0 Å². The molecule has 1 aromatic carbocycles. The average Bonchev–Trinajstić information content (AvgIpc) is 2.38. The number of carbonyl (C=O) groups excluding carboxylic acids is 1. The van der Waals surface area contributed by atoms with Crippen molar-refractivity contribution in [3.63, 3.8) is 0 Å². The van der Waals surface area contributed by atoms with Gasteiger partial charge in [-0.3, -0.25) is 0 Å². The highest BCUT2D eigenvalue weighted by atomic mass is 19.1. The van der Waals surface area contributed by atoms with E-state index in [1.54, 1.807) is 19.1 Å². The highest BCUT2D eigenvalue weighted by Crippen LogP contribution is 2.13. The maximum Gasteiger partial charge on any atom is 0.319 e. The number of urea groups is 1. The number of nitrogens with one attached hydrogen (secondary N) is 2. The molecule has 1 atom stereocenters. The summed E-state index contributed by atoms with van der Waals surface area (Å²) < 4.78 is 13.1. The normalized spacial score (nSPS) is 12.3. The van der Waals surface area contributed by atoms with Crippen LogP contribution >= 0.6 is 0 Å². The van der Waals surface area contributed by atoms with Gasteiger partial charge in [-0.1, -0.05) is 6.92 Å². The number of benzene rings is 1. The molecule has 4 nitrogen and oxygen atoms in total. The van der Waals surface area contributed by atoms with Crippen LogP contribution in [0, 0.1) is 12.7 Å². The van der Waals surface area contributed by atoms with Gasteiger partial charge in [0.1, 0.15) is 5.82 Å². The van der Waals surface area contributed by atoms with Gasteiger partial charge in [-0.05, 0) is 57.6 Å². The van der Waals surface area contributed by atoms with Crippen molar-refractivity contribution in [3.05, 3.63) is 29.6 Å². The molecule has 2 N–H and O–H groups in total. The fourth-order valence-corrected chi connectivity index (χ4v) is 2.08. The van der Waals surface area contributed by atoms with Gasteiger partial charge in [0.25, 0.3) is 0 Å². The molecule has 0 aliphatic heterocycles. The van der Waals surface area contributed by atoms with Gasteiger partial charge in [-0.25, -0.2) is 9.18 Å². The molecular weight excluding hydrogens is 257 g/mol. The van der Waals surface area contributed by atoms with Gasteiger partial charge in [0.05, 0.1) is 0 Å². The summed E-state index contributed by atoms with van der Waals surface area (Å²) in [4.78, 5) is 13.9. The summed E-state index contributed by atoms with van der Waals surface area (Å²) in [6.07, 6.45) is 1.95. The lowest BCUT2D eigenvalue weighted by atomic mass is 10.1. The Bertz CT molecular complexity index is 449. The Balaban J connectivity index is 2.38. The Morgan fingerprint density at radius 2 is 2.10 bits per heavy atom. The molecule has 1 aromatic rings. The second kappa shape index (κ2) is 7.85. The van der Waals surface area contributed by atoms with Crippen molar-refractivity contribution in [2.24, 2.45) is 0 Å². The van der Waals surface area contributed by atoms with E-state index in [2.05, 4.69) is 22.5 Å². The number of amides is 2. The van der Waals surface area contributed by atoms with Gasteiger partial charge in [-0.15, -0.1) is 0 Å². The van der Waals surface area contributed by atoms with E-state index in [9.17, 15) is 9.18 Å². The number of rotatable bonds is 6. The van der Waals surface area contributed by atoms with E-state index < -0.39 is 0 Å². The second-order valence-corrected chi connectivity index (χ2v) is 5.16. The first-order valence-corrected chi connectivity index (χ1v) is 6.91. The monoisotopic (exact) mass is 281 g/mol. The zero-order chi connectivity index (χ0) is 15.1. The smallest absolute Gasteiger partial charge is 0.319 e. The van der Waals surface area contributed by atoms with Crippen molar-refractivity contribution < 1.29 is 9.18 Å². The molecule has 0 aliphatic rings. The van der Waals surface area contributed by atoms with Gasteiger partial charge in [-0.2, -0.15) is 0 Å². The molecule has 0 saturated heterocycles. The summed E-state index contributed by atoms with van der Waals surface area (Å²) in [7, 11) is 4.07. The fourth-order valence-electron chi connectivity index (χ4n) is 2.08. The van der Waals surface area contributed by atoms with Crippen molar-refractivity contribution in [1.29, 1.82) is 0 Å². The van der Waals surface area contributed by atoms with Crippen LogP contribution in [0.5, 0.6) is 0 Å². The molecule has 20 heavy (non-hydrogen) atoms. The summed E-state index contributed by atoms with van der Waals surface area (Å²) in [6, 6.07) is 4.72. The summed E-state index contributed by atoms with van der Waals surface area (Å²) in [5.41, 5.74) is 1.11. The number of nitrogens with zero attached hydrogens (tertiary/aromatic N) is 1. The highest BCUT2D eigenvalue weighted by Gasteiger charge is 2.09. The number of aryl methyl sites for hydroxylation is 1. The van der Waals surface area contributed by atoms with E-state index in [1.165, 1.54) is 6.07 Å². The number of anilines is 1. The fraction of sp³-hybridized carbons (Fsp3) is 0.533. The SMILES string of the molecule is CCC(CCNC(=O)Nc1ccc(F)c(C)c1)N(C)C.